The summed E-state index contributed by atoms with van der Waals surface area (Å²) in [5.74, 6) is -1.66. The number of nitrogens with one attached hydrogen (secondary N) is 2. The molecule has 0 aliphatic carbocycles. The van der Waals surface area contributed by atoms with Crippen molar-refractivity contribution in [3.8, 4) is 11.5 Å². The van der Waals surface area contributed by atoms with Crippen molar-refractivity contribution in [3.63, 3.8) is 0 Å². The molecule has 2 aromatic carbocycles. The Labute approximate surface area is 302 Å². The summed E-state index contributed by atoms with van der Waals surface area (Å²) >= 11 is 0. The summed E-state index contributed by atoms with van der Waals surface area (Å²) in [6.45, 7) is 14.5. The summed E-state index contributed by atoms with van der Waals surface area (Å²) in [7, 11) is -5.74. The van der Waals surface area contributed by atoms with Crippen LogP contribution in [0.5, 0.6) is 11.5 Å². The standard InChI is InChI=1S/C34H56N2O13Si2/c1-7-43-50(44-8-2,45-9-3)21-13-19-35-31(37)27-17-15-25(23-29(27)33(39)40)49-26-16-18-28(30(24-26)34(41)42)32(38)36-20-14-22-51(46-10-4,47-11-5)48-12-6/h15-18,23-24,31,33,35,37,39-40H,7-14,19-22H2,1-6H3,(H,36,38)(H,41,42)/t31-/m0/s1. The highest BCUT2D eigenvalue weighted by atomic mass is 28.4. The van der Waals surface area contributed by atoms with E-state index < -0.39 is 42.0 Å². The summed E-state index contributed by atoms with van der Waals surface area (Å²) < 4.78 is 41.0. The molecule has 15 nitrogen and oxygen atoms in total. The van der Waals surface area contributed by atoms with Crippen molar-refractivity contribution in [1.82, 2.24) is 10.6 Å². The Morgan fingerprint density at radius 3 is 1.59 bits per heavy atom. The van der Waals surface area contributed by atoms with E-state index in [0.29, 0.717) is 71.1 Å². The molecule has 2 aromatic rings. The van der Waals surface area contributed by atoms with Crippen LogP contribution in [0.15, 0.2) is 36.4 Å². The minimum atomic E-state index is -2.89. The fourth-order valence-corrected chi connectivity index (χ4v) is 10.7. The number of aliphatic hydroxyl groups is 3. The monoisotopic (exact) mass is 756 g/mol. The molecule has 0 saturated heterocycles. The van der Waals surface area contributed by atoms with Gasteiger partial charge in [-0.05, 0) is 91.3 Å². The molecule has 0 unspecified atom stereocenters. The summed E-state index contributed by atoms with van der Waals surface area (Å²) in [6, 6.07) is 9.32. The number of benzene rings is 2. The summed E-state index contributed by atoms with van der Waals surface area (Å²) in [5.41, 5.74) is -0.149. The van der Waals surface area contributed by atoms with Gasteiger partial charge in [0.2, 0.25) is 0 Å². The van der Waals surface area contributed by atoms with Crippen LogP contribution in [0.1, 0.15) is 98.7 Å². The SMILES string of the molecule is CCO[Si](CCCNC(=O)c1ccc(Oc2ccc([C@H](O)NCCC[Si](OCC)(OCC)OCC)c(C(O)O)c2)cc1C(=O)O)(OCC)OCC. The largest absolute Gasteiger partial charge is 0.500 e. The van der Waals surface area contributed by atoms with Gasteiger partial charge in [0.1, 0.15) is 17.7 Å². The number of rotatable bonds is 27. The van der Waals surface area contributed by atoms with E-state index in [9.17, 15) is 30.0 Å². The molecule has 0 aliphatic heterocycles. The lowest BCUT2D eigenvalue weighted by Crippen LogP contribution is -2.46. The third-order valence-corrected chi connectivity index (χ3v) is 13.8. The van der Waals surface area contributed by atoms with Crippen molar-refractivity contribution < 1.29 is 61.3 Å². The highest BCUT2D eigenvalue weighted by Crippen LogP contribution is 2.31. The molecule has 288 valence electrons. The van der Waals surface area contributed by atoms with Crippen LogP contribution in [0.25, 0.3) is 0 Å². The van der Waals surface area contributed by atoms with E-state index >= 15 is 0 Å². The average Bonchev–Trinajstić information content (AvgIpc) is 3.09. The van der Waals surface area contributed by atoms with Gasteiger partial charge in [-0.25, -0.2) is 4.79 Å². The number of carbonyl (C=O) groups is 2. The summed E-state index contributed by atoms with van der Waals surface area (Å²) in [6.07, 6.45) is -2.12. The van der Waals surface area contributed by atoms with Gasteiger partial charge in [0.25, 0.3) is 5.91 Å². The molecule has 51 heavy (non-hydrogen) atoms. The second-order valence-electron chi connectivity index (χ2n) is 11.1. The Bertz CT molecular complexity index is 1320. The van der Waals surface area contributed by atoms with E-state index in [0.717, 1.165) is 0 Å². The van der Waals surface area contributed by atoms with E-state index in [1.54, 1.807) is 0 Å². The van der Waals surface area contributed by atoms with Gasteiger partial charge >= 0.3 is 23.6 Å². The van der Waals surface area contributed by atoms with E-state index in [1.165, 1.54) is 36.4 Å². The normalized spacial score (nSPS) is 12.7. The number of amides is 1. The lowest BCUT2D eigenvalue weighted by molar-refractivity contribution is -0.0450. The predicted octanol–water partition coefficient (Wildman–Crippen LogP) is 4.35. The zero-order valence-corrected chi connectivity index (χ0v) is 32.6. The first-order valence-corrected chi connectivity index (χ1v) is 21.4. The Morgan fingerprint density at radius 1 is 0.647 bits per heavy atom. The predicted molar refractivity (Wildman–Crippen MR) is 193 cm³/mol. The van der Waals surface area contributed by atoms with Crippen LogP contribution < -0.4 is 15.4 Å². The van der Waals surface area contributed by atoms with Crippen LogP contribution in [-0.2, 0) is 26.6 Å². The molecule has 0 heterocycles. The average molecular weight is 757 g/mol. The molecule has 0 radical (unpaired) electrons. The van der Waals surface area contributed by atoms with Crippen LogP contribution in [0.3, 0.4) is 0 Å². The van der Waals surface area contributed by atoms with Gasteiger partial charge in [0.15, 0.2) is 6.29 Å². The van der Waals surface area contributed by atoms with Gasteiger partial charge in [0, 0.05) is 69.4 Å². The first-order valence-electron chi connectivity index (χ1n) is 17.5. The number of hydrogen-bond acceptors (Lipinski definition) is 13. The molecule has 0 saturated carbocycles. The lowest BCUT2D eigenvalue weighted by Gasteiger charge is -2.28. The maximum atomic E-state index is 13.0. The van der Waals surface area contributed by atoms with Crippen LogP contribution in [0.2, 0.25) is 12.1 Å². The molecule has 1 amide bonds. The van der Waals surface area contributed by atoms with Crippen molar-refractivity contribution in [2.45, 2.75) is 79.0 Å². The molecule has 0 spiro atoms. The number of carboxylic acids is 1. The number of hydrogen-bond donors (Lipinski definition) is 6. The van der Waals surface area contributed by atoms with Gasteiger partial charge in [-0.15, -0.1) is 0 Å². The van der Waals surface area contributed by atoms with Gasteiger partial charge in [-0.3, -0.25) is 10.1 Å². The van der Waals surface area contributed by atoms with Crippen LogP contribution in [-0.4, -0.2) is 103 Å². The quantitative estimate of drug-likeness (QED) is 0.0427. The van der Waals surface area contributed by atoms with Gasteiger partial charge in [-0.1, -0.05) is 6.07 Å². The number of ether oxygens (including phenoxy) is 1. The Morgan fingerprint density at radius 2 is 1.12 bits per heavy atom. The Kier molecular flexibility index (Phi) is 20.0. The molecule has 2 rings (SSSR count). The molecule has 17 heteroatoms. The third-order valence-electron chi connectivity index (χ3n) is 7.46. The van der Waals surface area contributed by atoms with Gasteiger partial charge in [-0.2, -0.15) is 0 Å². The van der Waals surface area contributed by atoms with Crippen molar-refractivity contribution in [1.29, 1.82) is 0 Å². The minimum Gasteiger partial charge on any atom is -0.478 e. The zero-order valence-electron chi connectivity index (χ0n) is 30.6. The topological polar surface area (TPSA) is 204 Å². The highest BCUT2D eigenvalue weighted by molar-refractivity contribution is 6.61. The first-order chi connectivity index (χ1) is 24.4. The second-order valence-corrected chi connectivity index (χ2v) is 16.5. The molecule has 0 bridgehead atoms. The Balaban J connectivity index is 2.11. The minimum absolute atomic E-state index is 0.0197. The molecule has 1 atom stereocenters. The fourth-order valence-electron chi connectivity index (χ4n) is 5.44. The van der Waals surface area contributed by atoms with E-state index in [1.807, 2.05) is 41.5 Å². The molecule has 0 aromatic heterocycles. The summed E-state index contributed by atoms with van der Waals surface area (Å²) in [5, 5.41) is 46.7. The van der Waals surface area contributed by atoms with Gasteiger partial charge in [0.05, 0.1) is 11.1 Å². The second kappa shape index (κ2) is 23.0. The van der Waals surface area contributed by atoms with Crippen LogP contribution in [0.4, 0.5) is 0 Å². The highest BCUT2D eigenvalue weighted by Gasteiger charge is 2.40. The maximum absolute atomic E-state index is 13.0. The van der Waals surface area contributed by atoms with Crippen molar-refractivity contribution in [3.05, 3.63) is 58.7 Å². The number of aliphatic hydroxyl groups excluding tert-OH is 2. The molecule has 0 aliphatic rings. The van der Waals surface area contributed by atoms with Crippen LogP contribution in [0, 0.1) is 0 Å². The van der Waals surface area contributed by atoms with Crippen LogP contribution >= 0.6 is 0 Å². The molecular formula is C34H56N2O13Si2. The Hall–Kier alpha value is -2.79. The number of carboxylic acid groups (broad SMARTS) is 1. The van der Waals surface area contributed by atoms with E-state index in [2.05, 4.69) is 10.6 Å². The third kappa shape index (κ3) is 13.9. The van der Waals surface area contributed by atoms with E-state index in [-0.39, 0.29) is 40.3 Å². The molecule has 6 N–H and O–H groups in total. The first kappa shape index (κ1) is 44.4. The van der Waals surface area contributed by atoms with E-state index in [4.69, 9.17) is 31.3 Å². The van der Waals surface area contributed by atoms with Crippen molar-refractivity contribution in [2.24, 2.45) is 0 Å². The molecular weight excluding hydrogens is 701 g/mol. The summed E-state index contributed by atoms with van der Waals surface area (Å²) in [4.78, 5) is 25.1. The van der Waals surface area contributed by atoms with Crippen molar-refractivity contribution >= 4 is 29.5 Å². The lowest BCUT2D eigenvalue weighted by atomic mass is 10.0. The molecule has 0 fully saturated rings. The number of aromatic carboxylic acids is 1. The number of carbonyl (C=O) groups excluding carboxylic acids is 1. The smallest absolute Gasteiger partial charge is 0.478 e. The fraction of sp³-hybridized carbons (Fsp3) is 0.588. The van der Waals surface area contributed by atoms with Gasteiger partial charge < -0.3 is 57.0 Å². The maximum Gasteiger partial charge on any atom is 0.500 e. The van der Waals surface area contributed by atoms with Crippen molar-refractivity contribution in [2.75, 3.05) is 52.7 Å². The zero-order chi connectivity index (χ0) is 37.9.